The Labute approximate surface area is 145 Å². The van der Waals surface area contributed by atoms with Gasteiger partial charge in [-0.3, -0.25) is 9.69 Å². The van der Waals surface area contributed by atoms with Crippen LogP contribution in [0.1, 0.15) is 26.6 Å². The molecule has 126 valence electrons. The zero-order valence-corrected chi connectivity index (χ0v) is 14.6. The van der Waals surface area contributed by atoms with Crippen LogP contribution in [0.25, 0.3) is 0 Å². The first-order valence-corrected chi connectivity index (χ1v) is 9.25. The number of carbonyl (C=O) groups excluding carboxylic acids is 1. The predicted molar refractivity (Wildman–Crippen MR) is 93.7 cm³/mol. The van der Waals surface area contributed by atoms with E-state index in [1.807, 2.05) is 30.0 Å². The van der Waals surface area contributed by atoms with Gasteiger partial charge in [-0.1, -0.05) is 0 Å². The van der Waals surface area contributed by atoms with Gasteiger partial charge in [-0.05, 0) is 30.7 Å². The maximum atomic E-state index is 12.7. The molecule has 1 amide bonds. The minimum absolute atomic E-state index is 0.133. The van der Waals surface area contributed by atoms with Crippen molar-refractivity contribution in [2.24, 2.45) is 0 Å². The molecular formula is C18H21N3O2S. The van der Waals surface area contributed by atoms with Gasteiger partial charge in [0.2, 0.25) is 0 Å². The van der Waals surface area contributed by atoms with Crippen LogP contribution in [0.15, 0.2) is 23.6 Å². The van der Waals surface area contributed by atoms with Gasteiger partial charge in [-0.15, -0.1) is 11.3 Å². The van der Waals surface area contributed by atoms with Gasteiger partial charge in [0.25, 0.3) is 5.91 Å². The first-order valence-electron chi connectivity index (χ1n) is 8.37. The van der Waals surface area contributed by atoms with Crippen molar-refractivity contribution >= 4 is 17.2 Å². The van der Waals surface area contributed by atoms with E-state index in [0.717, 1.165) is 73.3 Å². The van der Waals surface area contributed by atoms with E-state index in [1.165, 1.54) is 0 Å². The molecule has 1 aromatic carbocycles. The third-order valence-corrected chi connectivity index (χ3v) is 5.47. The minimum atomic E-state index is 0.133. The third-order valence-electron chi connectivity index (χ3n) is 4.65. The highest BCUT2D eigenvalue weighted by Crippen LogP contribution is 2.26. The zero-order chi connectivity index (χ0) is 16.5. The molecule has 1 saturated heterocycles. The van der Waals surface area contributed by atoms with Gasteiger partial charge >= 0.3 is 0 Å². The lowest BCUT2D eigenvalue weighted by Crippen LogP contribution is -2.48. The summed E-state index contributed by atoms with van der Waals surface area (Å²) in [4.78, 5) is 21.6. The van der Waals surface area contributed by atoms with E-state index >= 15 is 0 Å². The molecule has 0 saturated carbocycles. The van der Waals surface area contributed by atoms with Crippen molar-refractivity contribution in [3.05, 3.63) is 45.4 Å². The number of ether oxygens (including phenoxy) is 1. The van der Waals surface area contributed by atoms with E-state index in [1.54, 1.807) is 11.3 Å². The number of thiazole rings is 1. The Morgan fingerprint density at radius 2 is 2.12 bits per heavy atom. The fraction of sp³-hybridized carbons (Fsp3) is 0.444. The number of fused-ring (bicyclic) bond motifs is 1. The molecule has 2 aliphatic rings. The van der Waals surface area contributed by atoms with Crippen molar-refractivity contribution in [2.75, 3.05) is 32.8 Å². The molecular weight excluding hydrogens is 322 g/mol. The minimum Gasteiger partial charge on any atom is -0.493 e. The summed E-state index contributed by atoms with van der Waals surface area (Å²) in [5.41, 5.74) is 3.07. The monoisotopic (exact) mass is 343 g/mol. The molecule has 0 spiro atoms. The molecule has 0 bridgehead atoms. The predicted octanol–water partition coefficient (Wildman–Crippen LogP) is 2.34. The number of hydrogen-bond donors (Lipinski definition) is 0. The number of piperazine rings is 1. The SMILES string of the molecule is Cc1nc(CN2CCN(C(=O)c3ccc4c(c3)CCO4)CC2)cs1. The number of benzene rings is 1. The summed E-state index contributed by atoms with van der Waals surface area (Å²) in [6, 6.07) is 5.81. The Hall–Kier alpha value is -1.92. The maximum Gasteiger partial charge on any atom is 0.253 e. The van der Waals surface area contributed by atoms with Crippen LogP contribution in [0.4, 0.5) is 0 Å². The highest BCUT2D eigenvalue weighted by atomic mass is 32.1. The fourth-order valence-electron chi connectivity index (χ4n) is 3.32. The van der Waals surface area contributed by atoms with Crippen LogP contribution in [0.2, 0.25) is 0 Å². The Bertz CT molecular complexity index is 750. The molecule has 2 aromatic rings. The first-order chi connectivity index (χ1) is 11.7. The molecule has 4 rings (SSSR count). The Morgan fingerprint density at radius 1 is 1.29 bits per heavy atom. The van der Waals surface area contributed by atoms with E-state index < -0.39 is 0 Å². The van der Waals surface area contributed by atoms with Crippen LogP contribution >= 0.6 is 11.3 Å². The van der Waals surface area contributed by atoms with Crippen LogP contribution in [0.5, 0.6) is 5.75 Å². The second-order valence-electron chi connectivity index (χ2n) is 6.35. The Morgan fingerprint density at radius 3 is 2.88 bits per heavy atom. The number of carbonyl (C=O) groups is 1. The van der Waals surface area contributed by atoms with Crippen molar-refractivity contribution in [1.82, 2.24) is 14.8 Å². The molecule has 0 radical (unpaired) electrons. The largest absolute Gasteiger partial charge is 0.493 e. The number of aryl methyl sites for hydroxylation is 1. The smallest absolute Gasteiger partial charge is 0.253 e. The topological polar surface area (TPSA) is 45.7 Å². The normalized spacial score (nSPS) is 17.6. The second kappa shape index (κ2) is 6.53. The summed E-state index contributed by atoms with van der Waals surface area (Å²) in [5, 5.41) is 3.24. The van der Waals surface area contributed by atoms with Gasteiger partial charge in [0, 0.05) is 50.1 Å². The zero-order valence-electron chi connectivity index (χ0n) is 13.8. The van der Waals surface area contributed by atoms with Gasteiger partial charge in [0.15, 0.2) is 0 Å². The van der Waals surface area contributed by atoms with Crippen LogP contribution in [0, 0.1) is 6.92 Å². The van der Waals surface area contributed by atoms with Gasteiger partial charge in [-0.2, -0.15) is 0 Å². The van der Waals surface area contributed by atoms with E-state index in [4.69, 9.17) is 4.74 Å². The van der Waals surface area contributed by atoms with Gasteiger partial charge in [0.05, 0.1) is 17.3 Å². The molecule has 0 aliphatic carbocycles. The quantitative estimate of drug-likeness (QED) is 0.858. The number of amides is 1. The lowest BCUT2D eigenvalue weighted by atomic mass is 10.1. The summed E-state index contributed by atoms with van der Waals surface area (Å²) < 4.78 is 5.51. The molecule has 0 N–H and O–H groups in total. The van der Waals surface area contributed by atoms with Gasteiger partial charge in [-0.25, -0.2) is 4.98 Å². The molecule has 3 heterocycles. The molecule has 5 nitrogen and oxygen atoms in total. The summed E-state index contributed by atoms with van der Waals surface area (Å²) in [5.74, 6) is 1.06. The van der Waals surface area contributed by atoms with Crippen molar-refractivity contribution in [3.8, 4) is 5.75 Å². The standard InChI is InChI=1S/C18H21N3O2S/c1-13-19-16(12-24-13)11-20-5-7-21(8-6-20)18(22)15-2-3-17-14(10-15)4-9-23-17/h2-3,10,12H,4-9,11H2,1H3. The number of rotatable bonds is 3. The molecule has 0 unspecified atom stereocenters. The van der Waals surface area contributed by atoms with Crippen LogP contribution < -0.4 is 4.74 Å². The van der Waals surface area contributed by atoms with Crippen molar-refractivity contribution in [3.63, 3.8) is 0 Å². The third kappa shape index (κ3) is 3.16. The van der Waals surface area contributed by atoms with E-state index in [9.17, 15) is 4.79 Å². The van der Waals surface area contributed by atoms with Crippen LogP contribution in [-0.2, 0) is 13.0 Å². The van der Waals surface area contributed by atoms with E-state index in [0.29, 0.717) is 0 Å². The number of nitrogens with zero attached hydrogens (tertiary/aromatic N) is 3. The van der Waals surface area contributed by atoms with Gasteiger partial charge < -0.3 is 9.64 Å². The second-order valence-corrected chi connectivity index (χ2v) is 7.41. The van der Waals surface area contributed by atoms with Crippen molar-refractivity contribution in [2.45, 2.75) is 19.9 Å². The highest BCUT2D eigenvalue weighted by Gasteiger charge is 2.24. The van der Waals surface area contributed by atoms with Gasteiger partial charge in [0.1, 0.15) is 5.75 Å². The molecule has 6 heteroatoms. The van der Waals surface area contributed by atoms with E-state index in [2.05, 4.69) is 15.3 Å². The number of hydrogen-bond acceptors (Lipinski definition) is 5. The lowest BCUT2D eigenvalue weighted by Gasteiger charge is -2.34. The molecule has 24 heavy (non-hydrogen) atoms. The van der Waals surface area contributed by atoms with Crippen LogP contribution in [-0.4, -0.2) is 53.5 Å². The van der Waals surface area contributed by atoms with Crippen LogP contribution in [0.3, 0.4) is 0 Å². The van der Waals surface area contributed by atoms with Crippen molar-refractivity contribution < 1.29 is 9.53 Å². The Kier molecular flexibility index (Phi) is 4.24. The average molecular weight is 343 g/mol. The molecule has 2 aliphatic heterocycles. The highest BCUT2D eigenvalue weighted by molar-refractivity contribution is 7.09. The average Bonchev–Trinajstić information content (AvgIpc) is 3.23. The van der Waals surface area contributed by atoms with E-state index in [-0.39, 0.29) is 5.91 Å². The summed E-state index contributed by atoms with van der Waals surface area (Å²) in [6.45, 7) is 6.98. The fourth-order valence-corrected chi connectivity index (χ4v) is 3.93. The lowest BCUT2D eigenvalue weighted by molar-refractivity contribution is 0.0627. The first kappa shape index (κ1) is 15.6. The molecule has 1 aromatic heterocycles. The molecule has 0 atom stereocenters. The maximum absolute atomic E-state index is 12.7. The summed E-state index contributed by atoms with van der Waals surface area (Å²) in [6.07, 6.45) is 0.900. The van der Waals surface area contributed by atoms with Crippen molar-refractivity contribution in [1.29, 1.82) is 0 Å². The molecule has 1 fully saturated rings. The number of aromatic nitrogens is 1. The Balaban J connectivity index is 1.36. The summed E-state index contributed by atoms with van der Waals surface area (Å²) in [7, 11) is 0. The summed E-state index contributed by atoms with van der Waals surface area (Å²) >= 11 is 1.69.